The SMILES string of the molecule is C=C/C(=C\c1csc2c(/C=C\c3csc4ccccc34)cccc12)Nc1cccc(-c2ccc3c(c2)c2cc(C(C)(C)C)ccc2n3-c2ccccc2)c1. The third kappa shape index (κ3) is 6.28. The highest BCUT2D eigenvalue weighted by Crippen LogP contribution is 2.38. The molecule has 9 aromatic rings. The number of rotatable bonds is 8. The molecule has 0 atom stereocenters. The van der Waals surface area contributed by atoms with E-state index in [2.05, 4.69) is 200 Å². The second kappa shape index (κ2) is 13.8. The van der Waals surface area contributed by atoms with Crippen LogP contribution in [0, 0.1) is 0 Å². The number of thiophene rings is 2. The number of hydrogen-bond acceptors (Lipinski definition) is 3. The van der Waals surface area contributed by atoms with Gasteiger partial charge in [0, 0.05) is 42.6 Å². The summed E-state index contributed by atoms with van der Waals surface area (Å²) in [7, 11) is 0. The summed E-state index contributed by atoms with van der Waals surface area (Å²) in [6.45, 7) is 11.0. The van der Waals surface area contributed by atoms with E-state index in [0.29, 0.717) is 0 Å². The first kappa shape index (κ1) is 33.9. The molecule has 4 heteroatoms. The maximum Gasteiger partial charge on any atom is 0.0541 e. The van der Waals surface area contributed by atoms with Gasteiger partial charge >= 0.3 is 0 Å². The number of nitrogens with zero attached hydrogens (tertiary/aromatic N) is 1. The fourth-order valence-electron chi connectivity index (χ4n) is 7.43. The fourth-order valence-corrected chi connectivity index (χ4v) is 9.39. The van der Waals surface area contributed by atoms with Gasteiger partial charge in [-0.15, -0.1) is 22.7 Å². The number of nitrogens with one attached hydrogen (secondary N) is 1. The van der Waals surface area contributed by atoms with Crippen LogP contribution in [0.1, 0.15) is 43.0 Å². The van der Waals surface area contributed by atoms with Crippen molar-refractivity contribution < 1.29 is 0 Å². The molecule has 0 spiro atoms. The second-order valence-corrected chi connectivity index (χ2v) is 16.6. The molecule has 0 saturated carbocycles. The fraction of sp³-hybridized carbons (Fsp3) is 0.0800. The summed E-state index contributed by atoms with van der Waals surface area (Å²) in [5.41, 5.74) is 13.0. The first-order chi connectivity index (χ1) is 26.3. The lowest BCUT2D eigenvalue weighted by atomic mass is 9.86. The molecule has 0 aliphatic rings. The number of benzene rings is 6. The normalized spacial score (nSPS) is 12.5. The molecule has 3 heterocycles. The molecule has 0 aliphatic heterocycles. The average molecular weight is 733 g/mol. The number of para-hydroxylation sites is 1. The van der Waals surface area contributed by atoms with Gasteiger partial charge in [-0.3, -0.25) is 0 Å². The minimum absolute atomic E-state index is 0.0534. The van der Waals surface area contributed by atoms with E-state index in [1.807, 2.05) is 6.08 Å². The molecule has 0 amide bonds. The Hall–Kier alpha value is -5.94. The molecule has 0 fully saturated rings. The van der Waals surface area contributed by atoms with Gasteiger partial charge in [0.2, 0.25) is 0 Å². The summed E-state index contributed by atoms with van der Waals surface area (Å²) in [6, 6.07) is 48.4. The molecule has 0 aliphatic carbocycles. The number of aromatic nitrogens is 1. The molecular formula is C50H40N2S2. The maximum absolute atomic E-state index is 4.17. The van der Waals surface area contributed by atoms with Gasteiger partial charge in [-0.05, 0) is 122 Å². The number of allylic oxidation sites excluding steroid dienone is 1. The van der Waals surface area contributed by atoms with Gasteiger partial charge in [0.15, 0.2) is 0 Å². The minimum Gasteiger partial charge on any atom is -0.356 e. The predicted molar refractivity (Wildman–Crippen MR) is 239 cm³/mol. The minimum atomic E-state index is 0.0534. The van der Waals surface area contributed by atoms with Gasteiger partial charge < -0.3 is 9.88 Å². The van der Waals surface area contributed by atoms with Crippen LogP contribution in [0.5, 0.6) is 0 Å². The summed E-state index contributed by atoms with van der Waals surface area (Å²) >= 11 is 3.58. The zero-order chi connectivity index (χ0) is 36.8. The molecule has 6 aromatic carbocycles. The molecule has 262 valence electrons. The lowest BCUT2D eigenvalue weighted by Gasteiger charge is -2.19. The standard InChI is InChI=1S/C50H40N2S2/c1-5-39(28-37-32-54-49-33(13-12-19-43(37)49)21-22-36-31-53-48-20-10-9-18-42(36)48)51-40-15-11-14-34(27-40)35-23-25-46-44(29-35)45-30-38(50(2,3)4)24-26-47(45)52(46)41-16-7-6-8-17-41/h5-32,51H,1H2,2-4H3/b22-21-,39-28+. The largest absolute Gasteiger partial charge is 0.356 e. The Balaban J connectivity index is 1.04. The second-order valence-electron chi connectivity index (χ2n) is 14.8. The Morgan fingerprint density at radius 2 is 1.31 bits per heavy atom. The molecule has 0 unspecified atom stereocenters. The summed E-state index contributed by atoms with van der Waals surface area (Å²) in [6.07, 6.45) is 8.60. The lowest BCUT2D eigenvalue weighted by Crippen LogP contribution is -2.10. The predicted octanol–water partition coefficient (Wildman–Crippen LogP) is 15.0. The summed E-state index contributed by atoms with van der Waals surface area (Å²) in [5.74, 6) is 0. The van der Waals surface area contributed by atoms with E-state index in [0.717, 1.165) is 16.9 Å². The first-order valence-electron chi connectivity index (χ1n) is 18.3. The van der Waals surface area contributed by atoms with E-state index in [4.69, 9.17) is 0 Å². The molecule has 1 N–H and O–H groups in total. The van der Waals surface area contributed by atoms with Crippen LogP contribution in [0.25, 0.3) is 77.0 Å². The Morgan fingerprint density at radius 1 is 0.611 bits per heavy atom. The smallest absolute Gasteiger partial charge is 0.0541 e. The zero-order valence-electron chi connectivity index (χ0n) is 30.6. The Morgan fingerprint density at radius 3 is 2.15 bits per heavy atom. The molecule has 0 radical (unpaired) electrons. The van der Waals surface area contributed by atoms with E-state index in [1.165, 1.54) is 75.5 Å². The lowest BCUT2D eigenvalue weighted by molar-refractivity contribution is 0.591. The summed E-state index contributed by atoms with van der Waals surface area (Å²) in [4.78, 5) is 0. The van der Waals surface area contributed by atoms with Gasteiger partial charge in [-0.1, -0.05) is 118 Å². The highest BCUT2D eigenvalue weighted by atomic mass is 32.1. The van der Waals surface area contributed by atoms with Crippen LogP contribution in [0.3, 0.4) is 0 Å². The topological polar surface area (TPSA) is 17.0 Å². The van der Waals surface area contributed by atoms with Crippen molar-refractivity contribution >= 4 is 88.6 Å². The summed E-state index contributed by atoms with van der Waals surface area (Å²) in [5, 5.41) is 13.2. The monoisotopic (exact) mass is 732 g/mol. The van der Waals surface area contributed by atoms with Gasteiger partial charge in [0.25, 0.3) is 0 Å². The van der Waals surface area contributed by atoms with E-state index >= 15 is 0 Å². The maximum atomic E-state index is 4.17. The van der Waals surface area contributed by atoms with E-state index in [-0.39, 0.29) is 5.41 Å². The zero-order valence-corrected chi connectivity index (χ0v) is 32.3. The van der Waals surface area contributed by atoms with Crippen LogP contribution in [-0.2, 0) is 5.41 Å². The van der Waals surface area contributed by atoms with Gasteiger partial charge in [0.1, 0.15) is 0 Å². The van der Waals surface area contributed by atoms with Crippen molar-refractivity contribution in [2.75, 3.05) is 5.32 Å². The highest BCUT2D eigenvalue weighted by Gasteiger charge is 2.19. The number of fused-ring (bicyclic) bond motifs is 5. The Kier molecular flexibility index (Phi) is 8.65. The van der Waals surface area contributed by atoms with Crippen molar-refractivity contribution in [2.24, 2.45) is 0 Å². The quantitative estimate of drug-likeness (QED) is 0.154. The molecule has 54 heavy (non-hydrogen) atoms. The van der Waals surface area contributed by atoms with Crippen LogP contribution in [0.2, 0.25) is 0 Å². The Labute approximate surface area is 324 Å². The molecule has 0 bridgehead atoms. The van der Waals surface area contributed by atoms with E-state index in [1.54, 1.807) is 22.7 Å². The van der Waals surface area contributed by atoms with Crippen LogP contribution in [0.15, 0.2) is 163 Å². The number of hydrogen-bond donors (Lipinski definition) is 1. The van der Waals surface area contributed by atoms with Crippen molar-refractivity contribution in [1.82, 2.24) is 4.57 Å². The van der Waals surface area contributed by atoms with Gasteiger partial charge in [-0.25, -0.2) is 0 Å². The summed E-state index contributed by atoms with van der Waals surface area (Å²) < 4.78 is 4.99. The van der Waals surface area contributed by atoms with E-state index in [9.17, 15) is 0 Å². The van der Waals surface area contributed by atoms with Crippen LogP contribution in [-0.4, -0.2) is 4.57 Å². The molecule has 0 saturated heterocycles. The Bertz CT molecular complexity index is 2910. The van der Waals surface area contributed by atoms with Crippen molar-refractivity contribution in [3.8, 4) is 16.8 Å². The average Bonchev–Trinajstić information content (AvgIpc) is 3.90. The van der Waals surface area contributed by atoms with Gasteiger partial charge in [0.05, 0.1) is 11.0 Å². The molecule has 2 nitrogen and oxygen atoms in total. The van der Waals surface area contributed by atoms with Crippen LogP contribution in [0.4, 0.5) is 5.69 Å². The first-order valence-corrected chi connectivity index (χ1v) is 20.1. The molecular weight excluding hydrogens is 693 g/mol. The van der Waals surface area contributed by atoms with E-state index < -0.39 is 0 Å². The van der Waals surface area contributed by atoms with Gasteiger partial charge in [-0.2, -0.15) is 0 Å². The number of anilines is 1. The van der Waals surface area contributed by atoms with Crippen LogP contribution < -0.4 is 5.32 Å². The molecule has 3 aromatic heterocycles. The van der Waals surface area contributed by atoms with Crippen molar-refractivity contribution in [2.45, 2.75) is 26.2 Å². The van der Waals surface area contributed by atoms with Crippen molar-refractivity contribution in [3.05, 3.63) is 185 Å². The van der Waals surface area contributed by atoms with Crippen LogP contribution >= 0.6 is 22.7 Å². The third-order valence-electron chi connectivity index (χ3n) is 10.3. The van der Waals surface area contributed by atoms with Crippen molar-refractivity contribution in [1.29, 1.82) is 0 Å². The molecule has 9 rings (SSSR count). The highest BCUT2D eigenvalue weighted by molar-refractivity contribution is 7.18. The van der Waals surface area contributed by atoms with Crippen molar-refractivity contribution in [3.63, 3.8) is 0 Å². The third-order valence-corrected chi connectivity index (χ3v) is 12.3.